The Hall–Kier alpha value is -3.33. The normalized spacial score (nSPS) is 21.3. The zero-order valence-corrected chi connectivity index (χ0v) is 20.8. The molecule has 3 rings (SSSR count). The Morgan fingerprint density at radius 2 is 2.03 bits per heavy atom. The fraction of sp³-hybridized carbons (Fsp3) is 0.450. The molecule has 0 saturated carbocycles. The minimum atomic E-state index is -5.35. The minimum Gasteiger partial charge on any atom is -0.374 e. The lowest BCUT2D eigenvalue weighted by Crippen LogP contribution is -2.57. The van der Waals surface area contributed by atoms with Crippen molar-refractivity contribution < 1.29 is 29.0 Å². The van der Waals surface area contributed by atoms with Crippen LogP contribution in [-0.4, -0.2) is 71.6 Å². The van der Waals surface area contributed by atoms with Crippen molar-refractivity contribution in [1.29, 1.82) is 0 Å². The zero-order valence-electron chi connectivity index (χ0n) is 19.9. The molecule has 17 heteroatoms. The van der Waals surface area contributed by atoms with Crippen LogP contribution in [0, 0.1) is 6.92 Å². The molecule has 5 atom stereocenters. The maximum atomic E-state index is 13.0. The van der Waals surface area contributed by atoms with Gasteiger partial charge in [-0.2, -0.15) is 9.79 Å². The SMILES string of the molecule is Cc1cn([C@H]2C[C@H](N=[N+]=[N-])[C@@H](C(O)N(C)N(C(=O)[C@H](N)Cc3ccccc3)P(=O)(O)O)O2)c(=O)[nH]c1=O. The van der Waals surface area contributed by atoms with Gasteiger partial charge in [-0.1, -0.05) is 35.4 Å². The number of aliphatic hydroxyl groups excluding tert-OH is 1. The molecule has 1 aromatic carbocycles. The Balaban J connectivity index is 1.88. The number of ether oxygens (including phenoxy) is 1. The summed E-state index contributed by atoms with van der Waals surface area (Å²) in [6, 6.07) is 6.05. The van der Waals surface area contributed by atoms with Crippen LogP contribution in [0.5, 0.6) is 0 Å². The number of nitrogens with two attached hydrogens (primary N) is 1. The maximum absolute atomic E-state index is 13.0. The first-order chi connectivity index (χ1) is 17.3. The molecule has 37 heavy (non-hydrogen) atoms. The van der Waals surface area contributed by atoms with E-state index in [9.17, 15) is 33.8 Å². The monoisotopic (exact) mass is 538 g/mol. The van der Waals surface area contributed by atoms with E-state index in [2.05, 4.69) is 15.0 Å². The highest BCUT2D eigenvalue weighted by atomic mass is 31.2. The average molecular weight is 538 g/mol. The fourth-order valence-electron chi connectivity index (χ4n) is 3.99. The number of azide groups is 1. The van der Waals surface area contributed by atoms with Gasteiger partial charge in [0.2, 0.25) is 0 Å². The molecule has 1 amide bonds. The molecule has 200 valence electrons. The van der Waals surface area contributed by atoms with E-state index in [0.29, 0.717) is 10.6 Å². The Kier molecular flexibility index (Phi) is 8.68. The number of hydrogen-bond donors (Lipinski definition) is 5. The number of nitrogens with zero attached hydrogens (tertiary/aromatic N) is 6. The molecule has 1 aliphatic rings. The molecule has 16 nitrogen and oxygen atoms in total. The van der Waals surface area contributed by atoms with Gasteiger partial charge in [0.1, 0.15) is 12.3 Å². The molecule has 1 saturated heterocycles. The molecule has 1 unspecified atom stereocenters. The van der Waals surface area contributed by atoms with E-state index in [4.69, 9.17) is 16.0 Å². The number of likely N-dealkylation sites (N-methyl/N-ethyl adjacent to an activating group) is 1. The summed E-state index contributed by atoms with van der Waals surface area (Å²) in [6.45, 7) is 1.46. The number of aromatic amines is 1. The molecule has 2 heterocycles. The van der Waals surface area contributed by atoms with E-state index in [0.717, 1.165) is 11.6 Å². The van der Waals surface area contributed by atoms with E-state index < -0.39 is 55.5 Å². The first-order valence-corrected chi connectivity index (χ1v) is 12.5. The Labute approximate surface area is 209 Å². The van der Waals surface area contributed by atoms with Gasteiger partial charge in [-0.25, -0.2) is 9.36 Å². The standard InChI is InChI=1S/C20H27N8O8P/c1-11-10-27(20(32)23-17(11)29)15-9-14(24-25-22)16(36-15)19(31)26(2)28(37(33,34)35)18(30)13(21)8-12-6-4-3-5-7-12/h3-7,10,13-16,19,31H,8-9,21H2,1-2H3,(H,23,29,32)(H2,33,34,35)/t13-,14+,15-,16+,19?/m1/s1. The predicted octanol–water partition coefficient (Wildman–Crippen LogP) is -0.532. The summed E-state index contributed by atoms with van der Waals surface area (Å²) in [5.74, 6) is -1.18. The number of aliphatic hydroxyl groups is 1. The van der Waals surface area contributed by atoms with E-state index in [1.807, 2.05) is 0 Å². The van der Waals surface area contributed by atoms with Crippen LogP contribution in [-0.2, 0) is 20.5 Å². The maximum Gasteiger partial charge on any atom is 0.447 e. The Morgan fingerprint density at radius 3 is 2.62 bits per heavy atom. The van der Waals surface area contributed by atoms with Gasteiger partial charge in [-0.3, -0.25) is 19.1 Å². The lowest BCUT2D eigenvalue weighted by atomic mass is 10.1. The molecular formula is C20H27N8O8P. The molecule has 1 aromatic heterocycles. The van der Waals surface area contributed by atoms with Gasteiger partial charge in [-0.15, -0.1) is 0 Å². The largest absolute Gasteiger partial charge is 0.447 e. The van der Waals surface area contributed by atoms with Crippen LogP contribution in [0.4, 0.5) is 0 Å². The summed E-state index contributed by atoms with van der Waals surface area (Å²) < 4.78 is 19.1. The van der Waals surface area contributed by atoms with Gasteiger partial charge in [0.25, 0.3) is 11.5 Å². The summed E-state index contributed by atoms with van der Waals surface area (Å²) in [6.07, 6.45) is -3.41. The lowest BCUT2D eigenvalue weighted by Gasteiger charge is -2.38. The van der Waals surface area contributed by atoms with Crippen molar-refractivity contribution in [3.63, 3.8) is 0 Å². The minimum absolute atomic E-state index is 0.0332. The van der Waals surface area contributed by atoms with Crippen LogP contribution < -0.4 is 17.0 Å². The molecule has 0 radical (unpaired) electrons. The molecular weight excluding hydrogens is 511 g/mol. The van der Waals surface area contributed by atoms with Gasteiger partial charge in [0, 0.05) is 30.1 Å². The van der Waals surface area contributed by atoms with Gasteiger partial charge in [0.05, 0.1) is 12.1 Å². The van der Waals surface area contributed by atoms with E-state index in [1.54, 1.807) is 30.3 Å². The van der Waals surface area contributed by atoms with Crippen LogP contribution in [0.25, 0.3) is 10.4 Å². The number of hydrazine groups is 1. The number of aromatic nitrogens is 2. The molecule has 6 N–H and O–H groups in total. The van der Waals surface area contributed by atoms with Gasteiger partial charge >= 0.3 is 13.4 Å². The zero-order chi connectivity index (χ0) is 27.5. The third-order valence-electron chi connectivity index (χ3n) is 5.83. The third kappa shape index (κ3) is 6.33. The molecule has 2 aromatic rings. The highest BCUT2D eigenvalue weighted by molar-refractivity contribution is 7.49. The first-order valence-electron chi connectivity index (χ1n) is 11.0. The number of amides is 1. The van der Waals surface area contributed by atoms with Crippen molar-refractivity contribution in [1.82, 2.24) is 19.3 Å². The molecule has 0 spiro atoms. The molecule has 1 fully saturated rings. The summed E-state index contributed by atoms with van der Waals surface area (Å²) in [5, 5.41) is 15.1. The highest BCUT2D eigenvalue weighted by Crippen LogP contribution is 2.43. The number of rotatable bonds is 9. The van der Waals surface area contributed by atoms with E-state index >= 15 is 0 Å². The Bertz CT molecular complexity index is 1340. The molecule has 1 aliphatic heterocycles. The Morgan fingerprint density at radius 1 is 1.38 bits per heavy atom. The second-order valence-corrected chi connectivity index (χ2v) is 9.87. The quantitative estimate of drug-likeness (QED) is 0.0682. The van der Waals surface area contributed by atoms with Crippen molar-refractivity contribution in [2.75, 3.05) is 7.05 Å². The number of aryl methyl sites for hydroxylation is 1. The number of H-pyrrole nitrogens is 1. The third-order valence-corrected chi connectivity index (χ3v) is 6.80. The van der Waals surface area contributed by atoms with Crippen LogP contribution in [0.1, 0.15) is 23.8 Å². The number of benzene rings is 1. The highest BCUT2D eigenvalue weighted by Gasteiger charge is 2.47. The van der Waals surface area contributed by atoms with Crippen LogP contribution in [0.15, 0.2) is 51.2 Å². The fourth-order valence-corrected chi connectivity index (χ4v) is 4.87. The average Bonchev–Trinajstić information content (AvgIpc) is 3.24. The summed E-state index contributed by atoms with van der Waals surface area (Å²) in [7, 11) is -4.33. The van der Waals surface area contributed by atoms with E-state index in [-0.39, 0.29) is 23.2 Å². The summed E-state index contributed by atoms with van der Waals surface area (Å²) >= 11 is 0. The van der Waals surface area contributed by atoms with Gasteiger partial charge in [-0.05, 0) is 24.4 Å². The second kappa shape index (κ2) is 11.4. The van der Waals surface area contributed by atoms with E-state index in [1.165, 1.54) is 13.1 Å². The summed E-state index contributed by atoms with van der Waals surface area (Å²) in [5.41, 5.74) is 14.3. The van der Waals surface area contributed by atoms with Gasteiger partial charge < -0.3 is 25.4 Å². The van der Waals surface area contributed by atoms with Crippen LogP contribution in [0.2, 0.25) is 0 Å². The number of carbonyl (C=O) groups excluding carboxylic acids is 1. The van der Waals surface area contributed by atoms with Crippen molar-refractivity contribution in [2.45, 2.75) is 50.4 Å². The van der Waals surface area contributed by atoms with Crippen molar-refractivity contribution >= 4 is 13.7 Å². The molecule has 0 bridgehead atoms. The van der Waals surface area contributed by atoms with Crippen molar-refractivity contribution in [3.05, 3.63) is 78.9 Å². The second-order valence-electron chi connectivity index (χ2n) is 8.47. The number of carbonyl (C=O) groups is 1. The van der Waals surface area contributed by atoms with Crippen LogP contribution >= 0.6 is 7.75 Å². The summed E-state index contributed by atoms with van der Waals surface area (Å²) in [4.78, 5) is 61.7. The molecule has 0 aliphatic carbocycles. The van der Waals surface area contributed by atoms with Gasteiger partial charge in [0.15, 0.2) is 6.23 Å². The van der Waals surface area contributed by atoms with Crippen molar-refractivity contribution in [2.24, 2.45) is 10.8 Å². The topological polar surface area (TPSA) is 240 Å². The van der Waals surface area contributed by atoms with Crippen LogP contribution in [0.3, 0.4) is 0 Å². The smallest absolute Gasteiger partial charge is 0.374 e. The number of hydrogen-bond acceptors (Lipinski definition) is 9. The predicted molar refractivity (Wildman–Crippen MR) is 128 cm³/mol. The first kappa shape index (κ1) is 28.2. The van der Waals surface area contributed by atoms with Crippen molar-refractivity contribution in [3.8, 4) is 0 Å². The number of nitrogens with one attached hydrogen (secondary N) is 1. The lowest BCUT2D eigenvalue weighted by molar-refractivity contribution is -0.177.